The second-order valence-corrected chi connectivity index (χ2v) is 7.64. The quantitative estimate of drug-likeness (QED) is 0.729. The van der Waals surface area contributed by atoms with Gasteiger partial charge in [-0.15, -0.1) is 0 Å². The average Bonchev–Trinajstić information content (AvgIpc) is 2.74. The van der Waals surface area contributed by atoms with Gasteiger partial charge in [-0.3, -0.25) is 0 Å². The van der Waals surface area contributed by atoms with E-state index in [9.17, 15) is 8.42 Å². The fourth-order valence-corrected chi connectivity index (χ4v) is 3.56. The van der Waals surface area contributed by atoms with Gasteiger partial charge in [-0.05, 0) is 37.8 Å². The Morgan fingerprint density at radius 3 is 2.47 bits per heavy atom. The van der Waals surface area contributed by atoms with Crippen molar-refractivity contribution < 1.29 is 8.42 Å². The first kappa shape index (κ1) is 15.0. The molecule has 1 unspecified atom stereocenters. The topological polar surface area (TPSA) is 46.2 Å². The van der Waals surface area contributed by atoms with Gasteiger partial charge >= 0.3 is 0 Å². The predicted molar refractivity (Wildman–Crippen MR) is 72.9 cm³/mol. The van der Waals surface area contributed by atoms with Gasteiger partial charge in [0.1, 0.15) is 9.84 Å². The van der Waals surface area contributed by atoms with E-state index < -0.39 is 9.84 Å². The van der Waals surface area contributed by atoms with Crippen molar-refractivity contribution in [3.63, 3.8) is 0 Å². The maximum Gasteiger partial charge on any atom is 0.147 e. The number of hydrogen-bond donors (Lipinski definition) is 1. The highest BCUT2D eigenvalue weighted by molar-refractivity contribution is 7.90. The van der Waals surface area contributed by atoms with Gasteiger partial charge in [0.05, 0.1) is 0 Å². The van der Waals surface area contributed by atoms with Crippen LogP contribution in [0.1, 0.15) is 45.4 Å². The molecular weight excluding hydrogens is 234 g/mol. The molecule has 1 rings (SSSR count). The molecule has 1 aliphatic rings. The van der Waals surface area contributed by atoms with Gasteiger partial charge in [-0.25, -0.2) is 8.42 Å². The summed E-state index contributed by atoms with van der Waals surface area (Å²) in [5, 5.41) is 3.42. The molecule has 0 spiro atoms. The minimum atomic E-state index is -2.78. The van der Waals surface area contributed by atoms with E-state index in [1.807, 2.05) is 0 Å². The van der Waals surface area contributed by atoms with E-state index in [1.165, 1.54) is 31.9 Å². The molecule has 1 saturated carbocycles. The fraction of sp³-hybridized carbons (Fsp3) is 1.00. The van der Waals surface area contributed by atoms with E-state index >= 15 is 0 Å². The molecule has 0 radical (unpaired) electrons. The molecule has 102 valence electrons. The first-order valence-electron chi connectivity index (χ1n) is 6.91. The molecule has 0 heterocycles. The molecule has 0 amide bonds. The molecule has 4 heteroatoms. The summed E-state index contributed by atoms with van der Waals surface area (Å²) in [4.78, 5) is 0. The van der Waals surface area contributed by atoms with Crippen molar-refractivity contribution in [1.82, 2.24) is 5.32 Å². The Morgan fingerprint density at radius 1 is 1.29 bits per heavy atom. The number of sulfone groups is 1. The van der Waals surface area contributed by atoms with Crippen LogP contribution in [0.4, 0.5) is 0 Å². The first-order valence-corrected chi connectivity index (χ1v) is 8.97. The van der Waals surface area contributed by atoms with Gasteiger partial charge in [-0.1, -0.05) is 32.6 Å². The van der Waals surface area contributed by atoms with Crippen molar-refractivity contribution in [3.05, 3.63) is 0 Å². The van der Waals surface area contributed by atoms with Crippen LogP contribution < -0.4 is 5.32 Å². The molecule has 0 aromatic carbocycles. The molecule has 0 bridgehead atoms. The molecule has 0 aromatic rings. The Bertz CT molecular complexity index is 295. The van der Waals surface area contributed by atoms with Crippen LogP contribution in [-0.4, -0.2) is 33.5 Å². The first-order chi connectivity index (χ1) is 8.03. The predicted octanol–water partition coefficient (Wildman–Crippen LogP) is 2.23. The molecule has 0 saturated heterocycles. The van der Waals surface area contributed by atoms with E-state index in [0.29, 0.717) is 11.7 Å². The highest BCUT2D eigenvalue weighted by Gasteiger charge is 2.24. The summed E-state index contributed by atoms with van der Waals surface area (Å²) in [5.74, 6) is 1.86. The zero-order valence-corrected chi connectivity index (χ0v) is 12.1. The van der Waals surface area contributed by atoms with Gasteiger partial charge in [0.25, 0.3) is 0 Å². The SMILES string of the molecule is CCNCC(CCCS(C)(=O)=O)C1CCCC1. The summed E-state index contributed by atoms with van der Waals surface area (Å²) < 4.78 is 22.3. The van der Waals surface area contributed by atoms with Crippen LogP contribution in [0.3, 0.4) is 0 Å². The van der Waals surface area contributed by atoms with Crippen LogP contribution in [-0.2, 0) is 9.84 Å². The van der Waals surface area contributed by atoms with Gasteiger partial charge in [0, 0.05) is 12.0 Å². The summed E-state index contributed by atoms with van der Waals surface area (Å²) in [5.41, 5.74) is 0. The molecule has 17 heavy (non-hydrogen) atoms. The lowest BCUT2D eigenvalue weighted by Gasteiger charge is -2.23. The summed E-state index contributed by atoms with van der Waals surface area (Å²) in [6.45, 7) is 4.20. The Hall–Kier alpha value is -0.0900. The molecule has 1 N–H and O–H groups in total. The van der Waals surface area contributed by atoms with Crippen molar-refractivity contribution in [3.8, 4) is 0 Å². The van der Waals surface area contributed by atoms with Gasteiger partial charge in [-0.2, -0.15) is 0 Å². The lowest BCUT2D eigenvalue weighted by atomic mass is 9.87. The molecular formula is C13H27NO2S. The van der Waals surface area contributed by atoms with Crippen molar-refractivity contribution in [2.75, 3.05) is 25.1 Å². The number of hydrogen-bond acceptors (Lipinski definition) is 3. The Balaban J connectivity index is 2.34. The second-order valence-electron chi connectivity index (χ2n) is 5.38. The third kappa shape index (κ3) is 6.41. The van der Waals surface area contributed by atoms with Crippen molar-refractivity contribution in [2.24, 2.45) is 11.8 Å². The molecule has 3 nitrogen and oxygen atoms in total. The monoisotopic (exact) mass is 261 g/mol. The van der Waals surface area contributed by atoms with Crippen molar-refractivity contribution in [1.29, 1.82) is 0 Å². The lowest BCUT2D eigenvalue weighted by molar-refractivity contribution is 0.304. The third-order valence-electron chi connectivity index (χ3n) is 3.81. The van der Waals surface area contributed by atoms with Crippen molar-refractivity contribution in [2.45, 2.75) is 45.4 Å². The molecule has 1 aliphatic carbocycles. The maximum atomic E-state index is 11.1. The number of nitrogens with one attached hydrogen (secondary N) is 1. The smallest absolute Gasteiger partial charge is 0.147 e. The van der Waals surface area contributed by atoms with Crippen LogP contribution >= 0.6 is 0 Å². The summed E-state index contributed by atoms with van der Waals surface area (Å²) >= 11 is 0. The summed E-state index contributed by atoms with van der Waals surface area (Å²) in [7, 11) is -2.78. The molecule has 1 atom stereocenters. The van der Waals surface area contributed by atoms with Crippen LogP contribution in [0, 0.1) is 11.8 Å². The molecule has 1 fully saturated rings. The Morgan fingerprint density at radius 2 is 1.94 bits per heavy atom. The van der Waals surface area contributed by atoms with Crippen molar-refractivity contribution >= 4 is 9.84 Å². The minimum absolute atomic E-state index is 0.350. The Labute approximate surface area is 106 Å². The van der Waals surface area contributed by atoms with Crippen LogP contribution in [0.25, 0.3) is 0 Å². The highest BCUT2D eigenvalue weighted by Crippen LogP contribution is 2.33. The summed E-state index contributed by atoms with van der Waals surface area (Å²) in [6.07, 6.45) is 8.63. The minimum Gasteiger partial charge on any atom is -0.317 e. The van der Waals surface area contributed by atoms with Crippen LogP contribution in [0.2, 0.25) is 0 Å². The average molecular weight is 261 g/mol. The van der Waals surface area contributed by atoms with E-state index in [0.717, 1.165) is 31.8 Å². The van der Waals surface area contributed by atoms with E-state index in [-0.39, 0.29) is 0 Å². The zero-order chi connectivity index (χ0) is 12.7. The largest absolute Gasteiger partial charge is 0.317 e. The van der Waals surface area contributed by atoms with Gasteiger partial charge < -0.3 is 5.32 Å². The summed E-state index contributed by atoms with van der Waals surface area (Å²) in [6, 6.07) is 0. The third-order valence-corrected chi connectivity index (χ3v) is 4.84. The highest BCUT2D eigenvalue weighted by atomic mass is 32.2. The van der Waals surface area contributed by atoms with E-state index in [4.69, 9.17) is 0 Å². The zero-order valence-electron chi connectivity index (χ0n) is 11.2. The van der Waals surface area contributed by atoms with Crippen LogP contribution in [0.5, 0.6) is 0 Å². The van der Waals surface area contributed by atoms with Crippen LogP contribution in [0.15, 0.2) is 0 Å². The fourth-order valence-electron chi connectivity index (χ4n) is 2.87. The lowest BCUT2D eigenvalue weighted by Crippen LogP contribution is -2.27. The molecule has 0 aromatic heterocycles. The Kier molecular flexibility index (Phi) is 6.49. The standard InChI is InChI=1S/C13H27NO2S/c1-3-14-11-13(12-7-4-5-8-12)9-6-10-17(2,15)16/h12-14H,3-11H2,1-2H3. The van der Waals surface area contributed by atoms with E-state index in [1.54, 1.807) is 0 Å². The second kappa shape index (κ2) is 7.37. The van der Waals surface area contributed by atoms with Gasteiger partial charge in [0.2, 0.25) is 0 Å². The normalized spacial score (nSPS) is 19.6. The maximum absolute atomic E-state index is 11.1. The van der Waals surface area contributed by atoms with Gasteiger partial charge in [0.15, 0.2) is 0 Å². The van der Waals surface area contributed by atoms with E-state index in [2.05, 4.69) is 12.2 Å². The number of rotatable bonds is 8. The molecule has 0 aliphatic heterocycles.